The topological polar surface area (TPSA) is 60.4 Å². The first kappa shape index (κ1) is 15.0. The van der Waals surface area contributed by atoms with Crippen LogP contribution in [0.25, 0.3) is 0 Å². The molecule has 0 spiro atoms. The Morgan fingerprint density at radius 2 is 1.78 bits per heavy atom. The summed E-state index contributed by atoms with van der Waals surface area (Å²) < 4.78 is 27.8. The van der Waals surface area contributed by atoms with Crippen LogP contribution in [-0.4, -0.2) is 20.5 Å². The Balaban J connectivity index is 3.34. The number of hydrogen-bond donors (Lipinski definition) is 0. The smallest absolute Gasteiger partial charge is 0.338 e. The molecule has 4 nitrogen and oxygen atoms in total. The highest BCUT2D eigenvalue weighted by Crippen LogP contribution is 2.24. The fraction of sp³-hybridized carbons (Fsp3) is 0.417. The summed E-state index contributed by atoms with van der Waals surface area (Å²) in [6, 6.07) is 2.86. The second-order valence-corrected chi connectivity index (χ2v) is 6.86. The minimum Gasteiger partial charge on any atom is -0.459 e. The zero-order valence-corrected chi connectivity index (χ0v) is 12.2. The van der Waals surface area contributed by atoms with Crippen LogP contribution in [-0.2, 0) is 13.8 Å². The molecule has 0 unspecified atom stereocenters. The van der Waals surface area contributed by atoms with Gasteiger partial charge in [-0.05, 0) is 44.9 Å². The molecule has 6 heteroatoms. The van der Waals surface area contributed by atoms with Crippen LogP contribution >= 0.6 is 10.7 Å². The number of carbonyl (C=O) groups excluding carboxylic acids is 1. The fourth-order valence-corrected chi connectivity index (χ4v) is 2.79. The molecular formula is C12H15ClO4S. The number of benzene rings is 1. The van der Waals surface area contributed by atoms with Crippen molar-refractivity contribution in [1.29, 1.82) is 0 Å². The standard InChI is InChI=1S/C12H15ClO4S/c1-7(2)17-12(14)10-6-11(18(13,15)16)9(4)5-8(10)3/h5-7H,1-4H3. The molecule has 0 aliphatic heterocycles. The molecule has 0 aliphatic carbocycles. The molecule has 0 bridgehead atoms. The minimum absolute atomic E-state index is 0.0644. The maximum absolute atomic E-state index is 11.8. The van der Waals surface area contributed by atoms with Crippen LogP contribution in [0, 0.1) is 13.8 Å². The number of aryl methyl sites for hydroxylation is 2. The lowest BCUT2D eigenvalue weighted by Crippen LogP contribution is -2.14. The molecule has 1 rings (SSSR count). The number of ether oxygens (including phenoxy) is 1. The van der Waals surface area contributed by atoms with E-state index in [1.807, 2.05) is 0 Å². The summed E-state index contributed by atoms with van der Waals surface area (Å²) in [5, 5.41) is 0. The molecule has 18 heavy (non-hydrogen) atoms. The summed E-state index contributed by atoms with van der Waals surface area (Å²) in [4.78, 5) is 11.7. The van der Waals surface area contributed by atoms with Gasteiger partial charge < -0.3 is 4.74 Å². The average molecular weight is 291 g/mol. The lowest BCUT2D eigenvalue weighted by molar-refractivity contribution is 0.0377. The first-order chi connectivity index (χ1) is 8.12. The van der Waals surface area contributed by atoms with Gasteiger partial charge in [-0.3, -0.25) is 0 Å². The van der Waals surface area contributed by atoms with Crippen molar-refractivity contribution in [3.63, 3.8) is 0 Å². The van der Waals surface area contributed by atoms with Gasteiger partial charge in [0, 0.05) is 10.7 Å². The maximum Gasteiger partial charge on any atom is 0.338 e. The van der Waals surface area contributed by atoms with Gasteiger partial charge in [-0.15, -0.1) is 0 Å². The minimum atomic E-state index is -3.87. The summed E-state index contributed by atoms with van der Waals surface area (Å²) in [6.07, 6.45) is -0.269. The molecule has 0 N–H and O–H groups in total. The second-order valence-electron chi connectivity index (χ2n) is 4.32. The average Bonchev–Trinajstić information content (AvgIpc) is 2.13. The lowest BCUT2D eigenvalue weighted by atomic mass is 10.1. The molecule has 0 aromatic heterocycles. The van der Waals surface area contributed by atoms with Gasteiger partial charge in [-0.25, -0.2) is 13.2 Å². The van der Waals surface area contributed by atoms with Crippen LogP contribution in [0.4, 0.5) is 0 Å². The quantitative estimate of drug-likeness (QED) is 0.634. The number of esters is 1. The van der Waals surface area contributed by atoms with Crippen LogP contribution in [0.3, 0.4) is 0 Å². The van der Waals surface area contributed by atoms with E-state index in [0.717, 1.165) is 0 Å². The van der Waals surface area contributed by atoms with Crippen molar-refractivity contribution in [3.05, 3.63) is 28.8 Å². The maximum atomic E-state index is 11.8. The van der Waals surface area contributed by atoms with Crippen molar-refractivity contribution in [2.24, 2.45) is 0 Å². The molecule has 0 saturated carbocycles. The highest BCUT2D eigenvalue weighted by atomic mass is 35.7. The lowest BCUT2D eigenvalue weighted by Gasteiger charge is -2.12. The van der Waals surface area contributed by atoms with E-state index >= 15 is 0 Å². The van der Waals surface area contributed by atoms with E-state index in [-0.39, 0.29) is 16.6 Å². The summed E-state index contributed by atoms with van der Waals surface area (Å²) in [7, 11) is 1.45. The van der Waals surface area contributed by atoms with Gasteiger partial charge >= 0.3 is 5.97 Å². The Labute approximate surface area is 111 Å². The summed E-state index contributed by atoms with van der Waals surface area (Å²) in [6.45, 7) is 6.79. The Morgan fingerprint density at radius 1 is 1.22 bits per heavy atom. The predicted octanol–water partition coefficient (Wildman–Crippen LogP) is 2.80. The van der Waals surface area contributed by atoms with Crippen molar-refractivity contribution in [3.8, 4) is 0 Å². The molecule has 0 amide bonds. The van der Waals surface area contributed by atoms with E-state index in [1.54, 1.807) is 33.8 Å². The molecule has 0 aliphatic rings. The van der Waals surface area contributed by atoms with Crippen molar-refractivity contribution < 1.29 is 17.9 Å². The largest absolute Gasteiger partial charge is 0.459 e. The van der Waals surface area contributed by atoms with Crippen molar-refractivity contribution in [2.45, 2.75) is 38.7 Å². The van der Waals surface area contributed by atoms with Crippen molar-refractivity contribution in [2.75, 3.05) is 0 Å². The van der Waals surface area contributed by atoms with Gasteiger partial charge in [0.2, 0.25) is 0 Å². The van der Waals surface area contributed by atoms with E-state index in [2.05, 4.69) is 0 Å². The van der Waals surface area contributed by atoms with Crippen LogP contribution in [0.5, 0.6) is 0 Å². The molecule has 1 aromatic carbocycles. The third kappa shape index (κ3) is 3.46. The fourth-order valence-electron chi connectivity index (χ4n) is 1.59. The summed E-state index contributed by atoms with van der Waals surface area (Å²) in [5.41, 5.74) is 1.37. The van der Waals surface area contributed by atoms with Crippen LogP contribution < -0.4 is 0 Å². The predicted molar refractivity (Wildman–Crippen MR) is 69.5 cm³/mol. The molecule has 0 heterocycles. The third-order valence-corrected chi connectivity index (χ3v) is 3.81. The normalized spacial score (nSPS) is 11.7. The summed E-state index contributed by atoms with van der Waals surface area (Å²) >= 11 is 0. The Hall–Kier alpha value is -1.07. The molecule has 100 valence electrons. The molecule has 0 fully saturated rings. The number of rotatable bonds is 3. The van der Waals surface area contributed by atoms with Crippen LogP contribution in [0.2, 0.25) is 0 Å². The van der Waals surface area contributed by atoms with Crippen molar-refractivity contribution in [1.82, 2.24) is 0 Å². The Morgan fingerprint density at radius 3 is 2.22 bits per heavy atom. The van der Waals surface area contributed by atoms with Crippen molar-refractivity contribution >= 4 is 25.7 Å². The molecule has 1 aromatic rings. The van der Waals surface area contributed by atoms with Gasteiger partial charge in [-0.1, -0.05) is 6.07 Å². The molecule has 0 saturated heterocycles. The third-order valence-electron chi connectivity index (χ3n) is 2.35. The SMILES string of the molecule is Cc1cc(C)c(S(=O)(=O)Cl)cc1C(=O)OC(C)C. The van der Waals surface area contributed by atoms with Gasteiger partial charge in [0.05, 0.1) is 16.6 Å². The highest BCUT2D eigenvalue weighted by molar-refractivity contribution is 8.13. The highest BCUT2D eigenvalue weighted by Gasteiger charge is 2.20. The van der Waals surface area contributed by atoms with E-state index in [4.69, 9.17) is 15.4 Å². The number of carbonyl (C=O) groups is 1. The van der Waals surface area contributed by atoms with Gasteiger partial charge in [-0.2, -0.15) is 0 Å². The first-order valence-electron chi connectivity index (χ1n) is 5.40. The zero-order valence-electron chi connectivity index (χ0n) is 10.7. The molecule has 0 radical (unpaired) electrons. The number of hydrogen-bond acceptors (Lipinski definition) is 4. The van der Waals surface area contributed by atoms with E-state index in [1.165, 1.54) is 6.07 Å². The molecular weight excluding hydrogens is 276 g/mol. The summed E-state index contributed by atoms with van der Waals surface area (Å²) in [5.74, 6) is -0.552. The number of halogens is 1. The van der Waals surface area contributed by atoms with Gasteiger partial charge in [0.1, 0.15) is 0 Å². The van der Waals surface area contributed by atoms with E-state index < -0.39 is 15.0 Å². The van der Waals surface area contributed by atoms with Gasteiger partial charge in [0.15, 0.2) is 0 Å². The van der Waals surface area contributed by atoms with E-state index in [0.29, 0.717) is 11.1 Å². The first-order valence-corrected chi connectivity index (χ1v) is 7.70. The van der Waals surface area contributed by atoms with Crippen LogP contribution in [0.15, 0.2) is 17.0 Å². The second kappa shape index (κ2) is 5.28. The van der Waals surface area contributed by atoms with Crippen LogP contribution in [0.1, 0.15) is 35.3 Å². The molecule has 0 atom stereocenters. The Bertz CT molecular complexity index is 576. The van der Waals surface area contributed by atoms with Gasteiger partial charge in [0.25, 0.3) is 9.05 Å². The monoisotopic (exact) mass is 290 g/mol. The van der Waals surface area contributed by atoms with E-state index in [9.17, 15) is 13.2 Å². The Kier molecular flexibility index (Phi) is 4.40. The zero-order chi connectivity index (χ0) is 14.1.